The van der Waals surface area contributed by atoms with E-state index >= 15 is 0 Å². The van der Waals surface area contributed by atoms with Crippen LogP contribution < -0.4 is 11.5 Å². The minimum atomic E-state index is -1.38. The highest BCUT2D eigenvalue weighted by Crippen LogP contribution is 2.56. The molecule has 0 aliphatic heterocycles. The number of halogens is 4. The Kier molecular flexibility index (Phi) is 4.09. The topological polar surface area (TPSA) is 52.0 Å². The van der Waals surface area contributed by atoms with Gasteiger partial charge in [-0.1, -0.05) is 48.5 Å². The van der Waals surface area contributed by atoms with Crippen LogP contribution in [0.2, 0.25) is 0 Å². The third-order valence-corrected chi connectivity index (χ3v) is 5.98. The Morgan fingerprint density at radius 3 is 1.19 bits per heavy atom. The fraction of sp³-hybridized carbons (Fsp3) is 0.0400. The Labute approximate surface area is 175 Å². The van der Waals surface area contributed by atoms with Crippen LogP contribution in [0.15, 0.2) is 72.8 Å². The van der Waals surface area contributed by atoms with Crippen LogP contribution in [-0.4, -0.2) is 0 Å². The van der Waals surface area contributed by atoms with E-state index in [0.29, 0.717) is 11.1 Å². The maximum atomic E-state index is 14.6. The van der Waals surface area contributed by atoms with Crippen LogP contribution in [0.5, 0.6) is 0 Å². The molecule has 4 aromatic carbocycles. The molecule has 0 spiro atoms. The molecule has 4 aromatic rings. The molecule has 0 saturated heterocycles. The first kappa shape index (κ1) is 19.2. The van der Waals surface area contributed by atoms with Crippen molar-refractivity contribution in [3.05, 3.63) is 118 Å². The van der Waals surface area contributed by atoms with Crippen LogP contribution in [0.25, 0.3) is 11.1 Å². The van der Waals surface area contributed by atoms with Gasteiger partial charge in [0, 0.05) is 0 Å². The summed E-state index contributed by atoms with van der Waals surface area (Å²) in [5, 5.41) is 0. The summed E-state index contributed by atoms with van der Waals surface area (Å²) in [4.78, 5) is 0. The molecule has 4 N–H and O–H groups in total. The molecule has 0 unspecified atom stereocenters. The fourth-order valence-corrected chi connectivity index (χ4v) is 4.63. The van der Waals surface area contributed by atoms with E-state index < -0.39 is 40.1 Å². The quantitative estimate of drug-likeness (QED) is 0.281. The molecule has 0 saturated carbocycles. The van der Waals surface area contributed by atoms with E-state index in [0.717, 1.165) is 35.4 Å². The molecule has 0 bridgehead atoms. The molecule has 0 radical (unpaired) electrons. The van der Waals surface area contributed by atoms with Gasteiger partial charge in [0.1, 0.15) is 34.6 Å². The summed E-state index contributed by atoms with van der Waals surface area (Å²) in [5.74, 6) is -3.81. The first-order valence-electron chi connectivity index (χ1n) is 9.55. The predicted molar refractivity (Wildman–Crippen MR) is 112 cm³/mol. The average molecular weight is 420 g/mol. The molecule has 0 amide bonds. The minimum absolute atomic E-state index is 0.165. The van der Waals surface area contributed by atoms with Crippen molar-refractivity contribution in [2.45, 2.75) is 5.41 Å². The van der Waals surface area contributed by atoms with Crippen molar-refractivity contribution in [1.29, 1.82) is 0 Å². The Balaban J connectivity index is 2.00. The van der Waals surface area contributed by atoms with E-state index in [-0.39, 0.29) is 11.1 Å². The van der Waals surface area contributed by atoms with Gasteiger partial charge in [-0.15, -0.1) is 0 Å². The molecule has 1 aliphatic carbocycles. The predicted octanol–water partition coefficient (Wildman–Crippen LogP) is 5.77. The average Bonchev–Trinajstić information content (AvgIpc) is 3.06. The van der Waals surface area contributed by atoms with Crippen molar-refractivity contribution in [3.8, 4) is 11.1 Å². The van der Waals surface area contributed by atoms with E-state index in [9.17, 15) is 17.6 Å². The molecule has 6 heteroatoms. The largest absolute Gasteiger partial charge is 0.394 e. The maximum absolute atomic E-state index is 14.6. The van der Waals surface area contributed by atoms with E-state index in [2.05, 4.69) is 0 Å². The zero-order valence-corrected chi connectivity index (χ0v) is 16.1. The molecule has 0 atom stereocenters. The number of hydrogen-bond acceptors (Lipinski definition) is 2. The van der Waals surface area contributed by atoms with Gasteiger partial charge in [-0.2, -0.15) is 0 Å². The van der Waals surface area contributed by atoms with E-state index in [4.69, 9.17) is 11.5 Å². The molecular formula is C25H16F4N2. The summed E-state index contributed by atoms with van der Waals surface area (Å²) in [6.07, 6.45) is 0. The molecule has 154 valence electrons. The highest BCUT2D eigenvalue weighted by molar-refractivity contribution is 5.86. The fourth-order valence-electron chi connectivity index (χ4n) is 4.63. The normalized spacial score (nSPS) is 13.7. The van der Waals surface area contributed by atoms with Gasteiger partial charge in [-0.25, -0.2) is 17.6 Å². The molecule has 1 aliphatic rings. The lowest BCUT2D eigenvalue weighted by Crippen LogP contribution is -2.29. The van der Waals surface area contributed by atoms with Crippen molar-refractivity contribution in [3.63, 3.8) is 0 Å². The highest BCUT2D eigenvalue weighted by atomic mass is 19.1. The molecule has 0 fully saturated rings. The third kappa shape index (κ3) is 2.51. The summed E-state index contributed by atoms with van der Waals surface area (Å²) in [7, 11) is 0. The third-order valence-electron chi connectivity index (χ3n) is 5.98. The van der Waals surface area contributed by atoms with Gasteiger partial charge in [-0.3, -0.25) is 0 Å². The maximum Gasteiger partial charge on any atom is 0.149 e. The first-order valence-corrected chi connectivity index (χ1v) is 9.55. The lowest BCUT2D eigenvalue weighted by molar-refractivity contribution is 0.573. The summed E-state index contributed by atoms with van der Waals surface area (Å²) in [6.45, 7) is 0. The van der Waals surface area contributed by atoms with Crippen LogP contribution in [0.4, 0.5) is 28.9 Å². The summed E-state index contributed by atoms with van der Waals surface area (Å²) in [5.41, 5.74) is 11.6. The number of anilines is 2. The summed E-state index contributed by atoms with van der Waals surface area (Å²) >= 11 is 0. The van der Waals surface area contributed by atoms with Gasteiger partial charge in [-0.05, 0) is 57.6 Å². The standard InChI is InChI=1S/C25H16F4N2/c26-19-9-13(10-20(27)23(19)30)25(14-11-21(28)24(31)22(29)12-14)17-7-3-1-5-15(17)16-6-2-4-8-18(16)25/h1-12H,30-31H2. The molecular weight excluding hydrogens is 404 g/mol. The van der Waals surface area contributed by atoms with E-state index in [1.807, 2.05) is 24.3 Å². The molecule has 0 heterocycles. The van der Waals surface area contributed by atoms with Crippen LogP contribution in [0.1, 0.15) is 22.3 Å². The highest BCUT2D eigenvalue weighted by Gasteiger charge is 2.47. The minimum Gasteiger partial charge on any atom is -0.394 e. The van der Waals surface area contributed by atoms with Gasteiger partial charge in [0.15, 0.2) is 0 Å². The number of benzene rings is 4. The monoisotopic (exact) mass is 420 g/mol. The molecule has 2 nitrogen and oxygen atoms in total. The van der Waals surface area contributed by atoms with Crippen LogP contribution in [-0.2, 0) is 5.41 Å². The Morgan fingerprint density at radius 1 is 0.516 bits per heavy atom. The van der Waals surface area contributed by atoms with Crippen molar-refractivity contribution in [2.75, 3.05) is 11.5 Å². The second kappa shape index (κ2) is 6.60. The molecule has 0 aromatic heterocycles. The SMILES string of the molecule is Nc1c(F)cc(C2(c3cc(F)c(N)c(F)c3)c3ccccc3-c3ccccc32)cc1F. The Hall–Kier alpha value is -3.80. The Bertz CT molecular complexity index is 1210. The van der Waals surface area contributed by atoms with Crippen molar-refractivity contribution in [2.24, 2.45) is 0 Å². The van der Waals surface area contributed by atoms with Gasteiger partial charge < -0.3 is 11.5 Å². The van der Waals surface area contributed by atoms with Gasteiger partial charge in [0.2, 0.25) is 0 Å². The number of rotatable bonds is 2. The second-order valence-corrected chi connectivity index (χ2v) is 7.55. The van der Waals surface area contributed by atoms with Crippen LogP contribution in [0.3, 0.4) is 0 Å². The zero-order valence-electron chi connectivity index (χ0n) is 16.1. The van der Waals surface area contributed by atoms with E-state index in [1.165, 1.54) is 0 Å². The lowest BCUT2D eigenvalue weighted by Gasteiger charge is -2.34. The van der Waals surface area contributed by atoms with E-state index in [1.54, 1.807) is 24.3 Å². The number of nitrogen functional groups attached to an aromatic ring is 2. The van der Waals surface area contributed by atoms with Crippen LogP contribution in [0, 0.1) is 23.3 Å². The summed E-state index contributed by atoms with van der Waals surface area (Å²) in [6, 6.07) is 19.0. The lowest BCUT2D eigenvalue weighted by atomic mass is 9.67. The van der Waals surface area contributed by atoms with Gasteiger partial charge >= 0.3 is 0 Å². The smallest absolute Gasteiger partial charge is 0.149 e. The number of fused-ring (bicyclic) bond motifs is 3. The second-order valence-electron chi connectivity index (χ2n) is 7.55. The van der Waals surface area contributed by atoms with Gasteiger partial charge in [0.25, 0.3) is 0 Å². The Morgan fingerprint density at radius 2 is 0.839 bits per heavy atom. The van der Waals surface area contributed by atoms with Crippen LogP contribution >= 0.6 is 0 Å². The van der Waals surface area contributed by atoms with Crippen molar-refractivity contribution >= 4 is 11.4 Å². The molecule has 5 rings (SSSR count). The van der Waals surface area contributed by atoms with Gasteiger partial charge in [0.05, 0.1) is 5.41 Å². The van der Waals surface area contributed by atoms with Crippen molar-refractivity contribution < 1.29 is 17.6 Å². The van der Waals surface area contributed by atoms with Crippen molar-refractivity contribution in [1.82, 2.24) is 0 Å². The molecule has 31 heavy (non-hydrogen) atoms. The zero-order chi connectivity index (χ0) is 21.9. The number of nitrogens with two attached hydrogens (primary N) is 2. The first-order chi connectivity index (χ1) is 14.9. The number of hydrogen-bond donors (Lipinski definition) is 2. The summed E-state index contributed by atoms with van der Waals surface area (Å²) < 4.78 is 58.5.